The molecule has 21 nitrogen and oxygen atoms in total. The second kappa shape index (κ2) is 27.0. The molecule has 0 radical (unpaired) electrons. The maximum Gasteiger partial charge on any atom is 0.318 e. The highest BCUT2D eigenvalue weighted by molar-refractivity contribution is 7.11. The molecule has 10 aromatic rings. The number of carbonyl (C=O) groups is 3. The van der Waals surface area contributed by atoms with Gasteiger partial charge in [0.2, 0.25) is 23.6 Å². The van der Waals surface area contributed by atoms with E-state index in [1.54, 1.807) is 83.1 Å². The SMILES string of the molecule is CCCc1cc(-c2ccc(F)c(C)n2)nn1CC(=O)N1Cc2nc(C)oc2C1.CCCc1cc(-c2ccc(F)c(C)n2)nn1CC(=O)N1Cc2nc(C)sc2C1.Cc1nnc(N2CCN(C(=O)Cn3nc(-c4ccc(C)c(F)c4)cc3-c3ccccc3)CC2)o1. The van der Waals surface area contributed by atoms with Crippen LogP contribution in [0.25, 0.3) is 45.3 Å². The van der Waals surface area contributed by atoms with Crippen molar-refractivity contribution in [2.45, 2.75) is 127 Å². The Labute approximate surface area is 522 Å². The van der Waals surface area contributed by atoms with Crippen LogP contribution in [-0.2, 0) is 73.0 Å². The van der Waals surface area contributed by atoms with E-state index >= 15 is 0 Å². The largest absolute Gasteiger partial charge is 0.444 e. The highest BCUT2D eigenvalue weighted by Gasteiger charge is 2.31. The van der Waals surface area contributed by atoms with Crippen LogP contribution in [0.4, 0.5) is 19.2 Å². The van der Waals surface area contributed by atoms with Crippen molar-refractivity contribution in [3.63, 3.8) is 0 Å². The van der Waals surface area contributed by atoms with E-state index in [2.05, 4.69) is 59.3 Å². The van der Waals surface area contributed by atoms with E-state index in [0.717, 1.165) is 70.5 Å². The molecule has 0 N–H and O–H groups in total. The molecule has 0 saturated carbocycles. The van der Waals surface area contributed by atoms with Crippen molar-refractivity contribution in [2.75, 3.05) is 31.1 Å². The molecule has 466 valence electrons. The monoisotopic (exact) mass is 1240 g/mol. The molecule has 0 bridgehead atoms. The van der Waals surface area contributed by atoms with Gasteiger partial charge in [-0.25, -0.2) is 33.1 Å². The number of halogens is 3. The summed E-state index contributed by atoms with van der Waals surface area (Å²) in [5, 5.41) is 22.8. The number of benzene rings is 2. The summed E-state index contributed by atoms with van der Waals surface area (Å²) in [6.07, 6.45) is 3.48. The van der Waals surface area contributed by atoms with Gasteiger partial charge < -0.3 is 28.4 Å². The number of fused-ring (bicyclic) bond motifs is 2. The first kappa shape index (κ1) is 62.0. The number of carbonyl (C=O) groups excluding carboxylic acids is 3. The molecule has 1 saturated heterocycles. The predicted octanol–water partition coefficient (Wildman–Crippen LogP) is 10.5. The maximum atomic E-state index is 14.2. The second-order valence-electron chi connectivity index (χ2n) is 22.5. The number of oxazole rings is 1. The van der Waals surface area contributed by atoms with Crippen molar-refractivity contribution in [3.8, 4) is 45.3 Å². The van der Waals surface area contributed by atoms with E-state index in [4.69, 9.17) is 8.83 Å². The van der Waals surface area contributed by atoms with E-state index in [1.807, 2.05) is 76.2 Å². The molecule has 25 heteroatoms. The number of amides is 3. The van der Waals surface area contributed by atoms with E-state index in [1.165, 1.54) is 23.1 Å². The number of hydrogen-bond donors (Lipinski definition) is 0. The molecule has 8 aromatic heterocycles. The van der Waals surface area contributed by atoms with Gasteiger partial charge in [0.05, 0.1) is 71.0 Å². The Bertz CT molecular complexity index is 4020. The summed E-state index contributed by atoms with van der Waals surface area (Å²) in [4.78, 5) is 64.7. The van der Waals surface area contributed by atoms with Crippen LogP contribution < -0.4 is 4.90 Å². The number of thiazole rings is 1. The van der Waals surface area contributed by atoms with E-state index in [-0.39, 0.29) is 54.8 Å². The Morgan fingerprint density at radius 3 is 1.64 bits per heavy atom. The van der Waals surface area contributed by atoms with Crippen molar-refractivity contribution >= 4 is 35.1 Å². The van der Waals surface area contributed by atoms with Gasteiger partial charge in [-0.1, -0.05) is 74.3 Å². The zero-order valence-electron chi connectivity index (χ0n) is 51.5. The van der Waals surface area contributed by atoms with E-state index in [0.29, 0.717) is 121 Å². The molecule has 11 heterocycles. The average Bonchev–Trinajstić information content (AvgIpc) is 4.17. The van der Waals surface area contributed by atoms with Crippen molar-refractivity contribution in [1.82, 2.24) is 74.2 Å². The maximum absolute atomic E-state index is 14.2. The molecule has 3 amide bonds. The fourth-order valence-electron chi connectivity index (χ4n) is 10.9. The molecule has 3 aliphatic rings. The zero-order chi connectivity index (χ0) is 63.3. The summed E-state index contributed by atoms with van der Waals surface area (Å²) in [6, 6.07) is 27.1. The number of hydrogen-bond acceptors (Lipinski definition) is 16. The van der Waals surface area contributed by atoms with E-state index < -0.39 is 0 Å². The molecular weight excluding hydrogens is 1170 g/mol. The number of rotatable bonds is 15. The Balaban J connectivity index is 0.000000140. The van der Waals surface area contributed by atoms with Gasteiger partial charge >= 0.3 is 6.01 Å². The highest BCUT2D eigenvalue weighted by Crippen LogP contribution is 2.31. The van der Waals surface area contributed by atoms with Gasteiger partial charge in [0.1, 0.15) is 59.9 Å². The summed E-state index contributed by atoms with van der Waals surface area (Å²) in [6.45, 7) is 19.5. The fraction of sp³-hybridized carbons (Fsp3) is 0.354. The van der Waals surface area contributed by atoms with Crippen molar-refractivity contribution in [3.05, 3.63) is 176 Å². The summed E-state index contributed by atoms with van der Waals surface area (Å²) in [5.74, 6) is 0.901. The Hall–Kier alpha value is -9.65. The molecule has 0 atom stereocenters. The molecule has 0 unspecified atom stereocenters. The molecule has 0 aliphatic carbocycles. The van der Waals surface area contributed by atoms with Crippen LogP contribution in [0.3, 0.4) is 0 Å². The lowest BCUT2D eigenvalue weighted by Crippen LogP contribution is -2.49. The van der Waals surface area contributed by atoms with Crippen LogP contribution in [0.5, 0.6) is 0 Å². The van der Waals surface area contributed by atoms with Crippen molar-refractivity contribution in [2.24, 2.45) is 0 Å². The fourth-order valence-corrected chi connectivity index (χ4v) is 11.9. The lowest BCUT2D eigenvalue weighted by molar-refractivity contribution is -0.133. The number of piperazine rings is 1. The smallest absolute Gasteiger partial charge is 0.318 e. The lowest BCUT2D eigenvalue weighted by Gasteiger charge is -2.33. The third-order valence-electron chi connectivity index (χ3n) is 15.7. The average molecular weight is 1240 g/mol. The third-order valence-corrected chi connectivity index (χ3v) is 16.7. The third kappa shape index (κ3) is 14.1. The summed E-state index contributed by atoms with van der Waals surface area (Å²) in [7, 11) is 0. The minimum Gasteiger partial charge on any atom is -0.444 e. The van der Waals surface area contributed by atoms with Crippen molar-refractivity contribution < 1.29 is 36.4 Å². The first-order valence-corrected chi connectivity index (χ1v) is 30.8. The second-order valence-corrected chi connectivity index (χ2v) is 23.8. The zero-order valence-corrected chi connectivity index (χ0v) is 52.3. The Morgan fingerprint density at radius 1 is 0.511 bits per heavy atom. The normalized spacial score (nSPS) is 13.5. The van der Waals surface area contributed by atoms with Crippen LogP contribution in [-0.4, -0.2) is 118 Å². The van der Waals surface area contributed by atoms with Gasteiger partial charge in [-0.15, -0.1) is 16.4 Å². The summed E-state index contributed by atoms with van der Waals surface area (Å²) in [5.41, 5.74) is 10.6. The van der Waals surface area contributed by atoms with Crippen LogP contribution in [0.15, 0.2) is 99.8 Å². The van der Waals surface area contributed by atoms with Gasteiger partial charge in [0.15, 0.2) is 5.89 Å². The summed E-state index contributed by atoms with van der Waals surface area (Å²) < 4.78 is 57.5. The number of aromatic nitrogens is 12. The highest BCUT2D eigenvalue weighted by atomic mass is 32.1. The van der Waals surface area contributed by atoms with Crippen LogP contribution in [0.1, 0.15) is 93.8 Å². The molecule has 0 spiro atoms. The summed E-state index contributed by atoms with van der Waals surface area (Å²) >= 11 is 1.65. The quantitative estimate of drug-likeness (QED) is 0.0931. The van der Waals surface area contributed by atoms with Gasteiger partial charge in [-0.3, -0.25) is 28.4 Å². The molecule has 3 aliphatic heterocycles. The van der Waals surface area contributed by atoms with Gasteiger partial charge in [0.25, 0.3) is 0 Å². The Kier molecular flexibility index (Phi) is 18.6. The number of aryl methyl sites for hydroxylation is 8. The van der Waals surface area contributed by atoms with Crippen molar-refractivity contribution in [1.29, 1.82) is 0 Å². The number of pyridine rings is 2. The van der Waals surface area contributed by atoms with Gasteiger partial charge in [0, 0.05) is 61.9 Å². The minimum absolute atomic E-state index is 0.0247. The number of anilines is 1. The molecular formula is C65H69F3N16O5S. The molecule has 13 rings (SSSR count). The molecule has 2 aromatic carbocycles. The minimum atomic E-state index is -0.346. The number of nitrogens with zero attached hydrogens (tertiary/aromatic N) is 16. The van der Waals surface area contributed by atoms with Gasteiger partial charge in [-0.05, 0) is 100 Å². The topological polar surface area (TPSA) is 221 Å². The molecule has 90 heavy (non-hydrogen) atoms. The van der Waals surface area contributed by atoms with Gasteiger partial charge in [-0.2, -0.15) is 15.3 Å². The molecule has 1 fully saturated rings. The predicted molar refractivity (Wildman–Crippen MR) is 331 cm³/mol. The standard InChI is InChI=1S/C25H25FN6O2.C20H22FN5O2.C20H22FN5OS/c1-17-8-9-20(14-21(17)26)22-15-23(19-6-4-3-5-7-19)32(29-22)16-24(33)30-10-12-31(13-11-30)25-28-27-18(2)34-25;2*1-4-5-14-8-17(16-7-6-15(21)12(2)22-16)24-26(14)11-20(27)25-9-18-19(10-25)28-13(3)23-18/h3-9,14-15H,10-13,16H2,1-2H3;2*6-8H,4-5,9-11H2,1-3H3. The first-order valence-electron chi connectivity index (χ1n) is 30.0. The van der Waals surface area contributed by atoms with Crippen LogP contribution in [0.2, 0.25) is 0 Å². The van der Waals surface area contributed by atoms with Crippen LogP contribution in [0, 0.1) is 59.0 Å². The first-order chi connectivity index (χ1) is 43.4. The lowest BCUT2D eigenvalue weighted by atomic mass is 10.1. The van der Waals surface area contributed by atoms with Crippen LogP contribution >= 0.6 is 11.3 Å². The van der Waals surface area contributed by atoms with E-state index in [9.17, 15) is 27.6 Å². The Morgan fingerprint density at radius 2 is 1.09 bits per heavy atom.